The summed E-state index contributed by atoms with van der Waals surface area (Å²) in [7, 11) is 1.34. The molecule has 0 saturated heterocycles. The van der Waals surface area contributed by atoms with Crippen LogP contribution in [0.25, 0.3) is 0 Å². The van der Waals surface area contributed by atoms with Gasteiger partial charge in [-0.1, -0.05) is 58.4 Å². The van der Waals surface area contributed by atoms with Gasteiger partial charge in [0.1, 0.15) is 0 Å². The second-order valence-electron chi connectivity index (χ2n) is 5.02. The Kier molecular flexibility index (Phi) is 5.89. The molecular formula is C16H16BCl2NO2. The smallest absolute Gasteiger partial charge is 0.321 e. The van der Waals surface area contributed by atoms with E-state index in [0.717, 1.165) is 10.9 Å². The highest BCUT2D eigenvalue weighted by Crippen LogP contribution is 2.09. The zero-order chi connectivity index (χ0) is 16.1. The molecule has 2 aromatic carbocycles. The predicted octanol–water partition coefficient (Wildman–Crippen LogP) is 2.10. The standard InChI is InChI=1S/C16H16BCl2NO2/c1-22-16(21)15(20)10-17(11-2-6-13(18)7-3-11)12-4-8-14(19)9-5-12/h2-9,15H,10,20H2,1H3. The van der Waals surface area contributed by atoms with Crippen LogP contribution in [0.2, 0.25) is 16.4 Å². The lowest BCUT2D eigenvalue weighted by Gasteiger charge is -2.18. The molecular weight excluding hydrogens is 320 g/mol. The average Bonchev–Trinajstić information content (AvgIpc) is 2.53. The molecule has 0 fully saturated rings. The second-order valence-corrected chi connectivity index (χ2v) is 5.89. The average molecular weight is 336 g/mol. The summed E-state index contributed by atoms with van der Waals surface area (Å²) in [6.07, 6.45) is 0.440. The summed E-state index contributed by atoms with van der Waals surface area (Å²) in [5, 5.41) is 1.33. The number of nitrogens with two attached hydrogens (primary N) is 1. The lowest BCUT2D eigenvalue weighted by molar-refractivity contribution is -0.141. The molecule has 1 atom stereocenters. The molecule has 0 aliphatic rings. The van der Waals surface area contributed by atoms with Crippen molar-refractivity contribution >= 4 is 46.8 Å². The highest BCUT2D eigenvalue weighted by molar-refractivity contribution is 6.85. The maximum Gasteiger partial charge on any atom is 0.321 e. The van der Waals surface area contributed by atoms with Crippen LogP contribution in [0.4, 0.5) is 0 Å². The molecule has 0 aromatic heterocycles. The first-order valence-corrected chi connectivity index (χ1v) is 7.61. The van der Waals surface area contributed by atoms with Crippen LogP contribution < -0.4 is 16.7 Å². The van der Waals surface area contributed by atoms with Crippen LogP contribution in [-0.2, 0) is 9.53 Å². The maximum absolute atomic E-state index is 11.6. The number of carbonyl (C=O) groups is 1. The summed E-state index contributed by atoms with van der Waals surface area (Å²) in [6, 6.07) is 14.3. The highest BCUT2D eigenvalue weighted by Gasteiger charge is 2.26. The Morgan fingerprint density at radius 3 is 1.82 bits per heavy atom. The molecule has 114 valence electrons. The third-order valence-electron chi connectivity index (χ3n) is 3.54. The third kappa shape index (κ3) is 4.26. The van der Waals surface area contributed by atoms with Gasteiger partial charge in [-0.05, 0) is 30.6 Å². The van der Waals surface area contributed by atoms with Crippen LogP contribution in [0.3, 0.4) is 0 Å². The van der Waals surface area contributed by atoms with Crippen molar-refractivity contribution in [1.82, 2.24) is 0 Å². The fraction of sp³-hybridized carbons (Fsp3) is 0.188. The van der Waals surface area contributed by atoms with Gasteiger partial charge in [0.2, 0.25) is 6.71 Å². The fourth-order valence-corrected chi connectivity index (χ4v) is 2.61. The zero-order valence-electron chi connectivity index (χ0n) is 12.1. The van der Waals surface area contributed by atoms with E-state index >= 15 is 0 Å². The van der Waals surface area contributed by atoms with E-state index in [1.165, 1.54) is 7.11 Å². The van der Waals surface area contributed by atoms with Crippen LogP contribution in [0, 0.1) is 0 Å². The minimum Gasteiger partial charge on any atom is -0.468 e. The minimum absolute atomic E-state index is 0.0383. The minimum atomic E-state index is -0.693. The van der Waals surface area contributed by atoms with Crippen molar-refractivity contribution in [2.75, 3.05) is 7.11 Å². The van der Waals surface area contributed by atoms with Crippen LogP contribution >= 0.6 is 23.2 Å². The van der Waals surface area contributed by atoms with Gasteiger partial charge in [-0.15, -0.1) is 0 Å². The van der Waals surface area contributed by atoms with Crippen LogP contribution in [-0.4, -0.2) is 25.8 Å². The van der Waals surface area contributed by atoms with Crippen molar-refractivity contribution in [1.29, 1.82) is 0 Å². The molecule has 0 spiro atoms. The molecule has 0 saturated carbocycles. The molecule has 22 heavy (non-hydrogen) atoms. The summed E-state index contributed by atoms with van der Waals surface area (Å²) >= 11 is 11.9. The first kappa shape index (κ1) is 16.9. The van der Waals surface area contributed by atoms with E-state index in [1.54, 1.807) is 0 Å². The molecule has 0 bridgehead atoms. The van der Waals surface area contributed by atoms with Gasteiger partial charge in [0.25, 0.3) is 0 Å². The van der Waals surface area contributed by atoms with E-state index in [0.29, 0.717) is 16.4 Å². The van der Waals surface area contributed by atoms with Gasteiger partial charge >= 0.3 is 5.97 Å². The molecule has 2 N–H and O–H groups in total. The molecule has 0 radical (unpaired) electrons. The van der Waals surface area contributed by atoms with Crippen LogP contribution in [0.1, 0.15) is 0 Å². The van der Waals surface area contributed by atoms with E-state index in [-0.39, 0.29) is 6.71 Å². The lowest BCUT2D eigenvalue weighted by Crippen LogP contribution is -2.48. The maximum atomic E-state index is 11.6. The monoisotopic (exact) mass is 335 g/mol. The number of hydrogen-bond acceptors (Lipinski definition) is 3. The number of halogens is 2. The Balaban J connectivity index is 2.33. The van der Waals surface area contributed by atoms with E-state index < -0.39 is 12.0 Å². The largest absolute Gasteiger partial charge is 0.468 e. The van der Waals surface area contributed by atoms with Crippen molar-refractivity contribution < 1.29 is 9.53 Å². The van der Waals surface area contributed by atoms with Crippen molar-refractivity contribution in [2.24, 2.45) is 5.73 Å². The first-order valence-electron chi connectivity index (χ1n) is 6.85. The quantitative estimate of drug-likeness (QED) is 0.672. The molecule has 0 heterocycles. The van der Waals surface area contributed by atoms with Crippen LogP contribution in [0.15, 0.2) is 48.5 Å². The number of carbonyl (C=O) groups excluding carboxylic acids is 1. The number of hydrogen-bond donors (Lipinski definition) is 1. The summed E-state index contributed by atoms with van der Waals surface area (Å²) in [5.74, 6) is -0.423. The summed E-state index contributed by atoms with van der Waals surface area (Å²) in [6.45, 7) is -0.0383. The normalized spacial score (nSPS) is 11.8. The molecule has 3 nitrogen and oxygen atoms in total. The predicted molar refractivity (Wildman–Crippen MR) is 92.7 cm³/mol. The molecule has 2 rings (SSSR count). The second kappa shape index (κ2) is 7.68. The number of methoxy groups -OCH3 is 1. The van der Waals surface area contributed by atoms with Gasteiger partial charge in [-0.2, -0.15) is 0 Å². The Hall–Kier alpha value is -1.49. The lowest BCUT2D eigenvalue weighted by atomic mass is 9.38. The van der Waals surface area contributed by atoms with E-state index in [1.807, 2.05) is 48.5 Å². The summed E-state index contributed by atoms with van der Waals surface area (Å²) in [4.78, 5) is 11.6. The van der Waals surface area contributed by atoms with Crippen molar-refractivity contribution in [2.45, 2.75) is 12.4 Å². The number of esters is 1. The fourth-order valence-electron chi connectivity index (χ4n) is 2.36. The van der Waals surface area contributed by atoms with Gasteiger partial charge in [0.15, 0.2) is 0 Å². The van der Waals surface area contributed by atoms with E-state index in [9.17, 15) is 4.79 Å². The summed E-state index contributed by atoms with van der Waals surface area (Å²) < 4.78 is 4.72. The number of ether oxygens (including phenoxy) is 1. The molecule has 1 unspecified atom stereocenters. The number of benzene rings is 2. The van der Waals surface area contributed by atoms with Crippen molar-refractivity contribution in [3.8, 4) is 0 Å². The Morgan fingerprint density at radius 1 is 1.05 bits per heavy atom. The van der Waals surface area contributed by atoms with Crippen molar-refractivity contribution in [3.05, 3.63) is 58.6 Å². The van der Waals surface area contributed by atoms with Gasteiger partial charge in [-0.25, -0.2) is 0 Å². The molecule has 2 aromatic rings. The molecule has 0 amide bonds. The molecule has 6 heteroatoms. The number of rotatable bonds is 5. The topological polar surface area (TPSA) is 52.3 Å². The SMILES string of the molecule is COC(=O)C(N)CB(c1ccc(Cl)cc1)c1ccc(Cl)cc1. The Bertz CT molecular complexity index is 586. The third-order valence-corrected chi connectivity index (χ3v) is 4.04. The van der Waals surface area contributed by atoms with Crippen LogP contribution in [0.5, 0.6) is 0 Å². The molecule has 0 aliphatic carbocycles. The Morgan fingerprint density at radius 2 is 1.45 bits per heavy atom. The van der Waals surface area contributed by atoms with Gasteiger partial charge in [0.05, 0.1) is 13.2 Å². The van der Waals surface area contributed by atoms with E-state index in [4.69, 9.17) is 33.7 Å². The zero-order valence-corrected chi connectivity index (χ0v) is 13.6. The van der Waals surface area contributed by atoms with Gasteiger partial charge in [-0.3, -0.25) is 4.79 Å². The van der Waals surface area contributed by atoms with E-state index in [2.05, 4.69) is 0 Å². The van der Waals surface area contributed by atoms with Gasteiger partial charge in [0, 0.05) is 10.0 Å². The summed E-state index contributed by atoms with van der Waals surface area (Å²) in [5.41, 5.74) is 8.00. The first-order chi connectivity index (χ1) is 10.5. The molecule has 0 aliphatic heterocycles. The Labute approximate surface area is 140 Å². The highest BCUT2D eigenvalue weighted by atomic mass is 35.5. The van der Waals surface area contributed by atoms with Gasteiger partial charge < -0.3 is 10.5 Å². The van der Waals surface area contributed by atoms with Crippen molar-refractivity contribution in [3.63, 3.8) is 0 Å².